The molecular weight excluding hydrogens is 301 g/mol. The Morgan fingerprint density at radius 3 is 2.61 bits per heavy atom. The van der Waals surface area contributed by atoms with E-state index in [9.17, 15) is 19.6 Å². The zero-order valence-corrected chi connectivity index (χ0v) is 13.4. The molecule has 0 aliphatic carbocycles. The van der Waals surface area contributed by atoms with E-state index >= 15 is 0 Å². The summed E-state index contributed by atoms with van der Waals surface area (Å²) in [7, 11) is -1.63. The maximum atomic E-state index is 12.3. The van der Waals surface area contributed by atoms with E-state index in [-0.39, 0.29) is 24.5 Å². The quantitative estimate of drug-likeness (QED) is 0.701. The number of aromatic nitrogens is 1. The Balaban J connectivity index is 2.06. The minimum atomic E-state index is -1.63. The Morgan fingerprint density at radius 2 is 2.04 bits per heavy atom. The second-order valence-electron chi connectivity index (χ2n) is 6.27. The number of hydrogen-bond donors (Lipinski definition) is 2. The van der Waals surface area contributed by atoms with Gasteiger partial charge in [0.2, 0.25) is 5.91 Å². The topological polar surface area (TPSA) is 103 Å². The van der Waals surface area contributed by atoms with Gasteiger partial charge in [0.05, 0.1) is 0 Å². The lowest BCUT2D eigenvalue weighted by molar-refractivity contribution is -0.121. The van der Waals surface area contributed by atoms with Crippen molar-refractivity contribution in [1.29, 1.82) is 0 Å². The predicted octanol–water partition coefficient (Wildman–Crippen LogP) is -0.655. The standard InChI is InChI=1S/C14H20BN3O5/c1-14(2,3)23-13(20)17-6-7-18(12(19)9-17)11-8-10(15(21)22)4-5-16-11/h4-5,8,21-22H,6-7,9H2,1-3H3. The van der Waals surface area contributed by atoms with Gasteiger partial charge in [-0.3, -0.25) is 14.6 Å². The van der Waals surface area contributed by atoms with Crippen LogP contribution in [0.15, 0.2) is 18.3 Å². The Labute approximate surface area is 134 Å². The number of anilines is 1. The summed E-state index contributed by atoms with van der Waals surface area (Å²) in [4.78, 5) is 31.1. The summed E-state index contributed by atoms with van der Waals surface area (Å²) in [5.41, 5.74) is -0.373. The highest BCUT2D eigenvalue weighted by Crippen LogP contribution is 2.16. The van der Waals surface area contributed by atoms with Crippen molar-refractivity contribution in [2.75, 3.05) is 24.5 Å². The van der Waals surface area contributed by atoms with E-state index in [2.05, 4.69) is 4.98 Å². The first-order valence-corrected chi connectivity index (χ1v) is 7.28. The number of piperazine rings is 1. The van der Waals surface area contributed by atoms with Crippen LogP contribution in [0.4, 0.5) is 10.6 Å². The molecule has 1 aromatic heterocycles. The molecule has 9 heteroatoms. The highest BCUT2D eigenvalue weighted by Gasteiger charge is 2.31. The molecule has 1 aliphatic rings. The van der Waals surface area contributed by atoms with Gasteiger partial charge in [0.25, 0.3) is 0 Å². The van der Waals surface area contributed by atoms with Gasteiger partial charge in [-0.1, -0.05) is 0 Å². The van der Waals surface area contributed by atoms with Gasteiger partial charge in [-0.15, -0.1) is 0 Å². The van der Waals surface area contributed by atoms with E-state index < -0.39 is 18.8 Å². The maximum Gasteiger partial charge on any atom is 0.488 e. The zero-order valence-electron chi connectivity index (χ0n) is 13.4. The van der Waals surface area contributed by atoms with Crippen LogP contribution in [0.1, 0.15) is 20.8 Å². The number of carbonyl (C=O) groups excluding carboxylic acids is 2. The number of hydrogen-bond acceptors (Lipinski definition) is 6. The van der Waals surface area contributed by atoms with Crippen LogP contribution in [0.25, 0.3) is 0 Å². The van der Waals surface area contributed by atoms with Crippen molar-refractivity contribution < 1.29 is 24.4 Å². The lowest BCUT2D eigenvalue weighted by Gasteiger charge is -2.34. The Bertz CT molecular complexity index is 602. The summed E-state index contributed by atoms with van der Waals surface area (Å²) in [6.45, 7) is 5.75. The molecule has 0 spiro atoms. The number of rotatable bonds is 2. The zero-order chi connectivity index (χ0) is 17.2. The first-order valence-electron chi connectivity index (χ1n) is 7.28. The minimum absolute atomic E-state index is 0.109. The molecule has 1 fully saturated rings. The molecule has 1 saturated heterocycles. The van der Waals surface area contributed by atoms with Crippen molar-refractivity contribution in [2.45, 2.75) is 26.4 Å². The molecule has 1 aliphatic heterocycles. The lowest BCUT2D eigenvalue weighted by Crippen LogP contribution is -2.53. The van der Waals surface area contributed by atoms with Gasteiger partial charge >= 0.3 is 13.2 Å². The van der Waals surface area contributed by atoms with E-state index in [0.29, 0.717) is 12.4 Å². The van der Waals surface area contributed by atoms with Crippen LogP contribution in [-0.4, -0.2) is 64.3 Å². The molecule has 0 bridgehead atoms. The highest BCUT2D eigenvalue weighted by atomic mass is 16.6. The van der Waals surface area contributed by atoms with Gasteiger partial charge in [0.1, 0.15) is 18.0 Å². The molecule has 0 unspecified atom stereocenters. The number of ether oxygens (including phenoxy) is 1. The van der Waals surface area contributed by atoms with E-state index in [4.69, 9.17) is 4.74 Å². The number of carbonyl (C=O) groups is 2. The molecular formula is C14H20BN3O5. The lowest BCUT2D eigenvalue weighted by atomic mass is 9.81. The predicted molar refractivity (Wildman–Crippen MR) is 84.2 cm³/mol. The third-order valence-electron chi connectivity index (χ3n) is 3.22. The minimum Gasteiger partial charge on any atom is -0.444 e. The van der Waals surface area contributed by atoms with Crippen molar-refractivity contribution in [2.24, 2.45) is 0 Å². The fourth-order valence-corrected chi connectivity index (χ4v) is 2.14. The third kappa shape index (κ3) is 4.43. The van der Waals surface area contributed by atoms with Crippen LogP contribution < -0.4 is 10.4 Å². The molecule has 124 valence electrons. The number of nitrogens with zero attached hydrogens (tertiary/aromatic N) is 3. The van der Waals surface area contributed by atoms with Crippen molar-refractivity contribution in [1.82, 2.24) is 9.88 Å². The molecule has 2 heterocycles. The third-order valence-corrected chi connectivity index (χ3v) is 3.22. The van der Waals surface area contributed by atoms with Gasteiger partial charge in [0, 0.05) is 19.3 Å². The summed E-state index contributed by atoms with van der Waals surface area (Å²) in [5, 5.41) is 18.4. The molecule has 2 rings (SSSR count). The van der Waals surface area contributed by atoms with Crippen LogP contribution in [0.2, 0.25) is 0 Å². The van der Waals surface area contributed by atoms with Crippen molar-refractivity contribution >= 4 is 30.4 Å². The molecule has 23 heavy (non-hydrogen) atoms. The van der Waals surface area contributed by atoms with Crippen molar-refractivity contribution in [3.8, 4) is 0 Å². The smallest absolute Gasteiger partial charge is 0.444 e. The van der Waals surface area contributed by atoms with E-state index in [0.717, 1.165) is 0 Å². The molecule has 0 radical (unpaired) electrons. The van der Waals surface area contributed by atoms with Gasteiger partial charge in [0.15, 0.2) is 0 Å². The average Bonchev–Trinajstić information content (AvgIpc) is 2.45. The molecule has 1 aromatic rings. The molecule has 2 N–H and O–H groups in total. The van der Waals surface area contributed by atoms with Gasteiger partial charge < -0.3 is 14.8 Å². The molecule has 0 aromatic carbocycles. The maximum absolute atomic E-state index is 12.3. The summed E-state index contributed by atoms with van der Waals surface area (Å²) in [6.07, 6.45) is 0.871. The number of amides is 2. The van der Waals surface area contributed by atoms with Crippen LogP contribution in [0, 0.1) is 0 Å². The van der Waals surface area contributed by atoms with E-state index in [1.165, 1.54) is 28.1 Å². The molecule has 0 saturated carbocycles. The van der Waals surface area contributed by atoms with Gasteiger partial charge in [-0.25, -0.2) is 9.78 Å². The Morgan fingerprint density at radius 1 is 1.35 bits per heavy atom. The molecule has 2 amide bonds. The van der Waals surface area contributed by atoms with Crippen LogP contribution >= 0.6 is 0 Å². The SMILES string of the molecule is CC(C)(C)OC(=O)N1CCN(c2cc(B(O)O)ccn2)C(=O)C1. The van der Waals surface area contributed by atoms with Crippen molar-refractivity contribution in [3.05, 3.63) is 18.3 Å². The second kappa shape index (κ2) is 6.55. The Hall–Kier alpha value is -2.13. The first-order chi connectivity index (χ1) is 10.7. The van der Waals surface area contributed by atoms with Crippen LogP contribution in [0.5, 0.6) is 0 Å². The second-order valence-corrected chi connectivity index (χ2v) is 6.27. The summed E-state index contributed by atoms with van der Waals surface area (Å²) in [6, 6.07) is 2.89. The van der Waals surface area contributed by atoms with E-state index in [1.807, 2.05) is 0 Å². The van der Waals surface area contributed by atoms with Gasteiger partial charge in [-0.05, 0) is 38.4 Å². The molecule has 0 atom stereocenters. The van der Waals surface area contributed by atoms with E-state index in [1.54, 1.807) is 20.8 Å². The first kappa shape index (κ1) is 17.2. The fraction of sp³-hybridized carbons (Fsp3) is 0.500. The normalized spacial score (nSPS) is 15.6. The average molecular weight is 321 g/mol. The van der Waals surface area contributed by atoms with Crippen LogP contribution in [0.3, 0.4) is 0 Å². The van der Waals surface area contributed by atoms with Gasteiger partial charge in [-0.2, -0.15) is 0 Å². The monoisotopic (exact) mass is 321 g/mol. The molecule has 8 nitrogen and oxygen atoms in total. The largest absolute Gasteiger partial charge is 0.488 e. The summed E-state index contributed by atoms with van der Waals surface area (Å²) >= 11 is 0. The van der Waals surface area contributed by atoms with Crippen molar-refractivity contribution in [3.63, 3.8) is 0 Å². The summed E-state index contributed by atoms with van der Waals surface area (Å²) < 4.78 is 5.25. The number of pyridine rings is 1. The highest BCUT2D eigenvalue weighted by molar-refractivity contribution is 6.58. The van der Waals surface area contributed by atoms with Crippen LogP contribution in [-0.2, 0) is 9.53 Å². The fourth-order valence-electron chi connectivity index (χ4n) is 2.14. The summed E-state index contributed by atoms with van der Waals surface area (Å²) in [5.74, 6) is 0.0172. The Kier molecular flexibility index (Phi) is 4.91.